The third kappa shape index (κ3) is 4.55. The summed E-state index contributed by atoms with van der Waals surface area (Å²) in [7, 11) is 0. The molecule has 0 aliphatic carbocycles. The normalized spacial score (nSPS) is 13.9. The van der Waals surface area contributed by atoms with E-state index in [-0.39, 0.29) is 5.97 Å². The lowest BCUT2D eigenvalue weighted by Crippen LogP contribution is -2.36. The third-order valence-corrected chi connectivity index (χ3v) is 5.53. The average Bonchev–Trinajstić information content (AvgIpc) is 3.15. The number of hydrogen-bond donors (Lipinski definition) is 1. The molecule has 3 aromatic rings. The molecule has 1 saturated heterocycles. The Balaban J connectivity index is 1.67. The predicted octanol–water partition coefficient (Wildman–Crippen LogP) is 3.06. The molecule has 0 atom stereocenters. The number of esters is 1. The zero-order valence-corrected chi connectivity index (χ0v) is 17.6. The van der Waals surface area contributed by atoms with Gasteiger partial charge in [-0.15, -0.1) is 0 Å². The Morgan fingerprint density at radius 2 is 2.13 bits per heavy atom. The fourth-order valence-electron chi connectivity index (χ4n) is 3.04. The number of aryl methyl sites for hydroxylation is 1. The van der Waals surface area contributed by atoms with E-state index in [1.54, 1.807) is 26.2 Å². The summed E-state index contributed by atoms with van der Waals surface area (Å²) < 4.78 is 10.6. The van der Waals surface area contributed by atoms with Crippen LogP contribution in [0.4, 0.5) is 16.9 Å². The van der Waals surface area contributed by atoms with Gasteiger partial charge in [0.25, 0.3) is 0 Å². The van der Waals surface area contributed by atoms with Crippen molar-refractivity contribution in [2.75, 3.05) is 43.1 Å². The van der Waals surface area contributed by atoms with Crippen molar-refractivity contribution in [2.24, 2.45) is 0 Å². The van der Waals surface area contributed by atoms with Gasteiger partial charge in [0.1, 0.15) is 10.7 Å². The highest BCUT2D eigenvalue weighted by Gasteiger charge is 2.19. The lowest BCUT2D eigenvalue weighted by Gasteiger charge is -2.28. The first-order valence-corrected chi connectivity index (χ1v) is 10.5. The molecule has 4 heterocycles. The Kier molecular flexibility index (Phi) is 6.15. The second-order valence-corrected chi connectivity index (χ2v) is 7.55. The number of rotatable bonds is 6. The van der Waals surface area contributed by atoms with Crippen molar-refractivity contribution in [1.29, 1.82) is 0 Å². The number of aromatic nitrogens is 4. The minimum atomic E-state index is -0.375. The number of hydrogen-bond acceptors (Lipinski definition) is 10. The van der Waals surface area contributed by atoms with Crippen LogP contribution < -0.4 is 10.2 Å². The maximum Gasteiger partial charge on any atom is 0.350 e. The molecule has 1 aliphatic heterocycles. The Bertz CT molecular complexity index is 1020. The van der Waals surface area contributed by atoms with Crippen LogP contribution in [0, 0.1) is 6.92 Å². The van der Waals surface area contributed by atoms with E-state index < -0.39 is 0 Å². The second-order valence-electron chi connectivity index (χ2n) is 6.56. The van der Waals surface area contributed by atoms with Gasteiger partial charge in [-0.3, -0.25) is 10.3 Å². The van der Waals surface area contributed by atoms with Gasteiger partial charge in [0.2, 0.25) is 5.95 Å². The number of thiazole rings is 1. The number of carbonyl (C=O) groups excluding carboxylic acids is 1. The number of ether oxygens (including phenoxy) is 2. The van der Waals surface area contributed by atoms with E-state index in [1.807, 2.05) is 18.2 Å². The minimum Gasteiger partial charge on any atom is -0.462 e. The van der Waals surface area contributed by atoms with Gasteiger partial charge in [-0.05, 0) is 26.0 Å². The summed E-state index contributed by atoms with van der Waals surface area (Å²) in [6.07, 6.45) is 3.49. The summed E-state index contributed by atoms with van der Waals surface area (Å²) >= 11 is 1.22. The number of carbonyl (C=O) groups is 1. The van der Waals surface area contributed by atoms with Crippen molar-refractivity contribution in [1.82, 2.24) is 19.9 Å². The predicted molar refractivity (Wildman–Crippen MR) is 114 cm³/mol. The van der Waals surface area contributed by atoms with Crippen LogP contribution in [0.25, 0.3) is 11.3 Å². The molecule has 0 spiro atoms. The van der Waals surface area contributed by atoms with E-state index in [9.17, 15) is 4.79 Å². The lowest BCUT2D eigenvalue weighted by atomic mass is 10.2. The molecule has 1 N–H and O–H groups in total. The van der Waals surface area contributed by atoms with Crippen LogP contribution >= 0.6 is 11.3 Å². The number of pyridine rings is 1. The maximum absolute atomic E-state index is 12.1. The van der Waals surface area contributed by atoms with E-state index >= 15 is 0 Å². The van der Waals surface area contributed by atoms with Gasteiger partial charge in [-0.1, -0.05) is 11.3 Å². The summed E-state index contributed by atoms with van der Waals surface area (Å²) in [6, 6.07) is 5.77. The Morgan fingerprint density at radius 3 is 2.87 bits per heavy atom. The van der Waals surface area contributed by atoms with Crippen LogP contribution in [-0.2, 0) is 9.47 Å². The van der Waals surface area contributed by atoms with E-state index in [2.05, 4.69) is 30.2 Å². The highest BCUT2D eigenvalue weighted by Crippen LogP contribution is 2.28. The van der Waals surface area contributed by atoms with Crippen molar-refractivity contribution in [2.45, 2.75) is 13.8 Å². The van der Waals surface area contributed by atoms with Crippen LogP contribution in [0.3, 0.4) is 0 Å². The Morgan fingerprint density at radius 1 is 1.30 bits per heavy atom. The van der Waals surface area contributed by atoms with Crippen LogP contribution in [-0.4, -0.2) is 58.8 Å². The molecular formula is C20H22N6O3S. The standard InChI is InChI=1S/C20H22N6O3S/c1-3-29-18(27)17-13(2)22-20(30-17)25-19-23-15(14-5-4-6-21-12-14)11-16(24-19)26-7-9-28-10-8-26/h4-6,11-12H,3,7-10H2,1-2H3,(H,22,23,24,25). The van der Waals surface area contributed by atoms with Crippen molar-refractivity contribution in [3.8, 4) is 11.3 Å². The Hall–Kier alpha value is -3.11. The molecule has 156 valence electrons. The summed E-state index contributed by atoms with van der Waals surface area (Å²) in [6.45, 7) is 6.70. The Labute approximate surface area is 178 Å². The molecule has 0 aromatic carbocycles. The van der Waals surface area contributed by atoms with Gasteiger partial charge >= 0.3 is 5.97 Å². The molecule has 1 fully saturated rings. The molecule has 1 aliphatic rings. The molecule has 30 heavy (non-hydrogen) atoms. The topological polar surface area (TPSA) is 102 Å². The number of nitrogens with zero attached hydrogens (tertiary/aromatic N) is 5. The summed E-state index contributed by atoms with van der Waals surface area (Å²) in [4.78, 5) is 32.7. The van der Waals surface area contributed by atoms with Gasteiger partial charge in [0.05, 0.1) is 31.2 Å². The first kappa shape index (κ1) is 20.2. The van der Waals surface area contributed by atoms with Gasteiger partial charge in [0, 0.05) is 37.1 Å². The smallest absolute Gasteiger partial charge is 0.350 e. The van der Waals surface area contributed by atoms with E-state index in [0.717, 1.165) is 30.2 Å². The monoisotopic (exact) mass is 426 g/mol. The van der Waals surface area contributed by atoms with Crippen LogP contribution in [0.15, 0.2) is 30.6 Å². The lowest BCUT2D eigenvalue weighted by molar-refractivity contribution is 0.0531. The molecule has 9 nitrogen and oxygen atoms in total. The fraction of sp³-hybridized carbons (Fsp3) is 0.350. The molecule has 10 heteroatoms. The zero-order chi connectivity index (χ0) is 20.9. The number of nitrogens with one attached hydrogen (secondary N) is 1. The molecule has 3 aromatic heterocycles. The number of morpholine rings is 1. The van der Waals surface area contributed by atoms with E-state index in [1.165, 1.54) is 11.3 Å². The zero-order valence-electron chi connectivity index (χ0n) is 16.8. The second kappa shape index (κ2) is 9.14. The van der Waals surface area contributed by atoms with Crippen molar-refractivity contribution < 1.29 is 14.3 Å². The average molecular weight is 427 g/mol. The highest BCUT2D eigenvalue weighted by molar-refractivity contribution is 7.17. The minimum absolute atomic E-state index is 0.318. The summed E-state index contributed by atoms with van der Waals surface area (Å²) in [5.74, 6) is 0.829. The van der Waals surface area contributed by atoms with Crippen molar-refractivity contribution in [3.63, 3.8) is 0 Å². The molecule has 0 radical (unpaired) electrons. The fourth-order valence-corrected chi connectivity index (χ4v) is 3.89. The van der Waals surface area contributed by atoms with Gasteiger partial charge in [-0.2, -0.15) is 4.98 Å². The molecule has 4 rings (SSSR count). The van der Waals surface area contributed by atoms with E-state index in [4.69, 9.17) is 9.47 Å². The number of anilines is 3. The molecular weight excluding hydrogens is 404 g/mol. The van der Waals surface area contributed by atoms with Crippen molar-refractivity contribution in [3.05, 3.63) is 41.2 Å². The van der Waals surface area contributed by atoms with Crippen LogP contribution in [0.2, 0.25) is 0 Å². The molecule has 0 amide bonds. The first-order chi connectivity index (χ1) is 14.6. The van der Waals surface area contributed by atoms with Crippen LogP contribution in [0.1, 0.15) is 22.3 Å². The summed E-state index contributed by atoms with van der Waals surface area (Å²) in [5.41, 5.74) is 2.25. The SMILES string of the molecule is CCOC(=O)c1sc(Nc2nc(-c3cccnc3)cc(N3CCOCC3)n2)nc1C. The third-order valence-electron chi connectivity index (χ3n) is 4.48. The van der Waals surface area contributed by atoms with E-state index in [0.29, 0.717) is 41.5 Å². The van der Waals surface area contributed by atoms with Crippen LogP contribution in [0.5, 0.6) is 0 Å². The summed E-state index contributed by atoms with van der Waals surface area (Å²) in [5, 5.41) is 3.68. The van der Waals surface area contributed by atoms with Gasteiger partial charge in [0.15, 0.2) is 5.13 Å². The molecule has 0 unspecified atom stereocenters. The van der Waals surface area contributed by atoms with Gasteiger partial charge < -0.3 is 14.4 Å². The maximum atomic E-state index is 12.1. The van der Waals surface area contributed by atoms with Gasteiger partial charge in [-0.25, -0.2) is 14.8 Å². The first-order valence-electron chi connectivity index (χ1n) is 9.68. The van der Waals surface area contributed by atoms with Crippen molar-refractivity contribution >= 4 is 34.2 Å². The molecule has 0 bridgehead atoms. The quantitative estimate of drug-likeness (QED) is 0.596. The largest absolute Gasteiger partial charge is 0.462 e. The molecule has 0 saturated carbocycles. The highest BCUT2D eigenvalue weighted by atomic mass is 32.1.